The number of pyridine rings is 1. The van der Waals surface area contributed by atoms with Crippen LogP contribution in [0.5, 0.6) is 0 Å². The van der Waals surface area contributed by atoms with E-state index in [1.54, 1.807) is 96.3 Å². The van der Waals surface area contributed by atoms with Crippen molar-refractivity contribution >= 4 is 24.0 Å². The van der Waals surface area contributed by atoms with Gasteiger partial charge in [-0.1, -0.05) is 102 Å². The molecule has 0 radical (unpaired) electrons. The second-order valence-corrected chi connectivity index (χ2v) is 14.2. The van der Waals surface area contributed by atoms with Crippen molar-refractivity contribution in [3.63, 3.8) is 0 Å². The summed E-state index contributed by atoms with van der Waals surface area (Å²) >= 11 is 0. The van der Waals surface area contributed by atoms with Crippen LogP contribution in [0.15, 0.2) is 79.0 Å². The minimum Gasteiger partial charge on any atom is -0.453 e. The summed E-state index contributed by atoms with van der Waals surface area (Å²) in [5.41, 5.74) is 1.17. The van der Waals surface area contributed by atoms with E-state index in [1.165, 1.54) is 5.01 Å². The monoisotopic (exact) mass is 709 g/mol. The number of ether oxygens (including phenoxy) is 2. The average molecular weight is 710 g/mol. The normalized spacial score (nSPS) is 15.4. The van der Waals surface area contributed by atoms with Gasteiger partial charge in [-0.15, -0.1) is 0 Å². The first kappa shape index (κ1) is 33.2. The molecule has 0 aliphatic heterocycles. The van der Waals surface area contributed by atoms with E-state index in [-0.39, 0.29) is 13.0 Å². The van der Waals surface area contributed by atoms with Crippen LogP contribution in [0, 0.1) is 10.8 Å². The van der Waals surface area contributed by atoms with E-state index in [2.05, 4.69) is 4.98 Å². The molecule has 0 spiro atoms. The predicted octanol–water partition coefficient (Wildman–Crippen LogP) is 4.21. The Hall–Kier alpha value is -5.01. The third kappa shape index (κ3) is 12.7. The molecular formula is C38H52N6O7. The van der Waals surface area contributed by atoms with Gasteiger partial charge in [-0.05, 0) is 40.5 Å². The van der Waals surface area contributed by atoms with Crippen molar-refractivity contribution in [2.45, 2.75) is 78.7 Å². The number of aliphatic hydroxyl groups is 1. The molecule has 2 aromatic carbocycles. The van der Waals surface area contributed by atoms with Crippen LogP contribution in [0.25, 0.3) is 11.3 Å². The largest absolute Gasteiger partial charge is 0.453 e. The highest BCUT2D eigenvalue weighted by Gasteiger charge is 2.37. The Morgan fingerprint density at radius 1 is 0.784 bits per heavy atom. The number of aromatic nitrogens is 1. The summed E-state index contributed by atoms with van der Waals surface area (Å²) in [4.78, 5) is 57.8. The Morgan fingerprint density at radius 2 is 1.35 bits per heavy atom. The molecule has 51 heavy (non-hydrogen) atoms. The zero-order valence-corrected chi connectivity index (χ0v) is 30.5. The van der Waals surface area contributed by atoms with E-state index in [1.807, 2.05) is 24.3 Å². The summed E-state index contributed by atoms with van der Waals surface area (Å²) in [6.45, 7) is 9.17. The van der Waals surface area contributed by atoms with Gasteiger partial charge in [0.2, 0.25) is 7.34 Å². The lowest BCUT2D eigenvalue weighted by molar-refractivity contribution is -0.132. The second-order valence-electron chi connectivity index (χ2n) is 14.2. The van der Waals surface area contributed by atoms with E-state index >= 15 is 0 Å². The van der Waals surface area contributed by atoms with Crippen LogP contribution in [-0.2, 0) is 32.0 Å². The number of hydrogen-bond acceptors (Lipinski definition) is 9. The first-order chi connectivity index (χ1) is 26.3. The average Bonchev–Trinajstić information content (AvgIpc) is 3.17. The number of amides is 4. The Balaban J connectivity index is 2.14. The van der Waals surface area contributed by atoms with Gasteiger partial charge in [0.05, 0.1) is 32.1 Å². The van der Waals surface area contributed by atoms with Crippen LogP contribution in [0.2, 0.25) is 5.65 Å². The number of nitrogens with one attached hydrogen (secondary N) is 4. The molecular weight excluding hydrogens is 652 g/mol. The maximum absolute atomic E-state index is 14.2. The summed E-state index contributed by atoms with van der Waals surface area (Å²) in [7, 11) is 2.14. The number of hydrazine groups is 1. The summed E-state index contributed by atoms with van der Waals surface area (Å²) in [5.74, 6) is -1.95. The van der Waals surface area contributed by atoms with Gasteiger partial charge in [-0.25, -0.2) is 14.6 Å². The molecule has 13 nitrogen and oxygen atoms in total. The molecule has 1 aromatic heterocycles. The number of carbonyl (C=O) groups is 4. The van der Waals surface area contributed by atoms with Crippen LogP contribution in [-0.4, -0.2) is 85.5 Å². The van der Waals surface area contributed by atoms with Gasteiger partial charge in [0.15, 0.2) is 5.65 Å². The maximum Gasteiger partial charge on any atom is 0.407 e. The highest BCUT2D eigenvalue weighted by Crippen LogP contribution is 2.23. The predicted molar refractivity (Wildman–Crippen MR) is 194 cm³/mol. The number of alkyl carbamates (subject to hydrolysis) is 2. The third-order valence-corrected chi connectivity index (χ3v) is 7.85. The van der Waals surface area contributed by atoms with Crippen molar-refractivity contribution in [1.82, 2.24) is 31.3 Å². The number of hydrogen-bond donors (Lipinski definition) is 5. The molecule has 0 aliphatic rings. The Kier molecular flexibility index (Phi) is 11.9. The molecule has 3 aromatic rings. The lowest BCUT2D eigenvalue weighted by atomic mass is 9.85. The van der Waals surface area contributed by atoms with Crippen molar-refractivity contribution < 1.29 is 39.4 Å². The number of benzene rings is 2. The molecule has 4 amide bonds. The molecule has 4 atom stereocenters. The fourth-order valence-electron chi connectivity index (χ4n) is 5.09. The smallest absolute Gasteiger partial charge is 0.407 e. The first-order valence-corrected chi connectivity index (χ1v) is 16.5. The number of nitrogens with zero attached hydrogens (tertiary/aromatic N) is 2. The van der Waals surface area contributed by atoms with Gasteiger partial charge in [0, 0.05) is 24.8 Å². The number of aliphatic hydroxyl groups excluding tert-OH is 1. The summed E-state index contributed by atoms with van der Waals surface area (Å²) in [6, 6.07) is 17.2. The van der Waals surface area contributed by atoms with E-state index in [4.69, 9.17) is 18.8 Å². The van der Waals surface area contributed by atoms with Crippen LogP contribution in [0.1, 0.15) is 52.7 Å². The molecule has 0 saturated carbocycles. The van der Waals surface area contributed by atoms with E-state index in [0.717, 1.165) is 25.5 Å². The molecule has 3 rings (SSSR count). The zero-order chi connectivity index (χ0) is 42.0. The summed E-state index contributed by atoms with van der Waals surface area (Å²) in [5, 5.41) is 7.78. The van der Waals surface area contributed by atoms with Gasteiger partial charge in [-0.2, -0.15) is 0 Å². The maximum atomic E-state index is 14.2. The highest BCUT2D eigenvalue weighted by molar-refractivity contribution is 5.87. The first-order valence-electron chi connectivity index (χ1n) is 18.7. The third-order valence-electron chi connectivity index (χ3n) is 7.85. The molecule has 0 saturated heterocycles. The summed E-state index contributed by atoms with van der Waals surface area (Å²) < 4.78 is 52.9. The Bertz CT molecular complexity index is 1750. The number of carbonyl (C=O) groups excluding carboxylic acids is 4. The van der Waals surface area contributed by atoms with Gasteiger partial charge < -0.3 is 30.5 Å². The van der Waals surface area contributed by atoms with Crippen LogP contribution >= 0.6 is 0 Å². The van der Waals surface area contributed by atoms with Gasteiger partial charge >= 0.3 is 12.2 Å². The fourth-order valence-corrected chi connectivity index (χ4v) is 5.09. The molecule has 0 aliphatic carbocycles. The minimum absolute atomic E-state index is 0.0429. The topological polar surface area (TPSA) is 171 Å². The lowest BCUT2D eigenvalue weighted by Crippen LogP contribution is -2.60. The van der Waals surface area contributed by atoms with Crippen molar-refractivity contribution in [2.75, 3.05) is 20.8 Å². The highest BCUT2D eigenvalue weighted by atomic mass is 16.5. The van der Waals surface area contributed by atoms with Gasteiger partial charge in [-0.3, -0.25) is 20.0 Å². The Labute approximate surface area is 307 Å². The van der Waals surface area contributed by atoms with Crippen LogP contribution < -0.4 is 21.3 Å². The molecule has 0 fully saturated rings. The van der Waals surface area contributed by atoms with Crippen molar-refractivity contribution in [3.05, 3.63) is 90.1 Å². The quantitative estimate of drug-likeness (QED) is 0.145. The van der Waals surface area contributed by atoms with Gasteiger partial charge in [0.25, 0.3) is 5.91 Å². The lowest BCUT2D eigenvalue weighted by Gasteiger charge is -2.35. The molecule has 1 unspecified atom stereocenters. The minimum atomic E-state index is -1.51. The molecule has 1 heterocycles. The Morgan fingerprint density at radius 3 is 1.86 bits per heavy atom. The van der Waals surface area contributed by atoms with Crippen LogP contribution in [0.3, 0.4) is 0 Å². The SMILES string of the molecule is [2H]O[C@H](CN(Cc1ccc(-c2ccccn2)cc1)N([2H])C(=O)C(N([2H])C(=O)OC)C(C)(C)C)[C@H](Cc1ccccc1)N([2H])C(=O)[C@@H](N([2H])C(=O)OC)C(C)(C)C. The standard InChI is InChI=1S/C38H52N6O7/c1-37(2,3)31(41-35(48)50-7)33(46)40-29(22-25-14-10-9-11-15-25)30(45)24-44(43-34(47)32(38(4,5)6)42-36(49)51-8)23-26-17-19-27(20-18-26)28-16-12-13-21-39-28/h9-21,29-32,45H,22-24H2,1-8H3,(H,40,46)(H,41,48)(H,42,49)(H,43,47)/t29-,30+,31+,32?/m0/s1/i45D/hD4. The van der Waals surface area contributed by atoms with E-state index in [0.29, 0.717) is 32.5 Å². The molecule has 13 heteroatoms. The molecule has 276 valence electrons. The van der Waals surface area contributed by atoms with Crippen molar-refractivity contribution in [2.24, 2.45) is 10.8 Å². The van der Waals surface area contributed by atoms with E-state index < -0.39 is 65.6 Å². The number of rotatable bonds is 15. The van der Waals surface area contributed by atoms with Crippen LogP contribution in [0.4, 0.5) is 9.59 Å². The van der Waals surface area contributed by atoms with Crippen molar-refractivity contribution in [3.8, 4) is 11.3 Å². The second kappa shape index (κ2) is 18.3. The van der Waals surface area contributed by atoms with Gasteiger partial charge in [0.1, 0.15) is 12.1 Å². The summed E-state index contributed by atoms with van der Waals surface area (Å²) in [6.07, 6.45) is -2.02. The zero-order valence-electron chi connectivity index (χ0n) is 35.5. The number of methoxy groups -OCH3 is 2. The van der Waals surface area contributed by atoms with E-state index in [9.17, 15) is 22.0 Å². The van der Waals surface area contributed by atoms with Crippen molar-refractivity contribution in [1.29, 1.82) is 1.43 Å². The fraction of sp³-hybridized carbons (Fsp3) is 0.447. The molecule has 5 N–H and O–H groups in total. The molecule has 0 bridgehead atoms.